The fourth-order valence-corrected chi connectivity index (χ4v) is 1.62. The summed E-state index contributed by atoms with van der Waals surface area (Å²) < 4.78 is 4.98. The van der Waals surface area contributed by atoms with Crippen molar-refractivity contribution in [2.45, 2.75) is 6.04 Å². The summed E-state index contributed by atoms with van der Waals surface area (Å²) >= 11 is 0. The van der Waals surface area contributed by atoms with Crippen LogP contribution in [0.15, 0.2) is 38.5 Å². The molecule has 7 nitrogen and oxygen atoms in total. The average molecular weight is 277 g/mol. The van der Waals surface area contributed by atoms with Crippen LogP contribution >= 0.6 is 0 Å². The van der Waals surface area contributed by atoms with Crippen LogP contribution in [0.5, 0.6) is 5.75 Å². The van der Waals surface area contributed by atoms with Gasteiger partial charge >= 0.3 is 11.6 Å². The molecule has 0 fully saturated rings. The van der Waals surface area contributed by atoms with Gasteiger partial charge in [-0.2, -0.15) is 0 Å². The predicted molar refractivity (Wildman–Crippen MR) is 70.3 cm³/mol. The highest BCUT2D eigenvalue weighted by Crippen LogP contribution is 2.24. The van der Waals surface area contributed by atoms with Crippen molar-refractivity contribution < 1.29 is 24.5 Å². The Bertz CT molecular complexity index is 733. The van der Waals surface area contributed by atoms with Gasteiger partial charge in [0, 0.05) is 6.21 Å². The summed E-state index contributed by atoms with van der Waals surface area (Å²) in [6.45, 7) is -0.717. The van der Waals surface area contributed by atoms with Crippen molar-refractivity contribution >= 4 is 23.2 Å². The monoisotopic (exact) mass is 277 g/mol. The van der Waals surface area contributed by atoms with Crippen LogP contribution in [0, 0.1) is 0 Å². The number of rotatable bonds is 4. The van der Waals surface area contributed by atoms with Gasteiger partial charge in [0.05, 0.1) is 12.0 Å². The van der Waals surface area contributed by atoms with Crippen LogP contribution in [-0.2, 0) is 4.79 Å². The molecule has 2 rings (SSSR count). The summed E-state index contributed by atoms with van der Waals surface area (Å²) in [6, 6.07) is 4.96. The molecule has 1 aromatic carbocycles. The zero-order valence-corrected chi connectivity index (χ0v) is 10.2. The summed E-state index contributed by atoms with van der Waals surface area (Å²) in [6.07, 6.45) is 0.891. The Labute approximate surface area is 112 Å². The lowest BCUT2D eigenvalue weighted by atomic mass is 10.1. The van der Waals surface area contributed by atoms with Gasteiger partial charge < -0.3 is 19.7 Å². The highest BCUT2D eigenvalue weighted by atomic mass is 16.4. The zero-order chi connectivity index (χ0) is 14.7. The van der Waals surface area contributed by atoms with E-state index in [1.54, 1.807) is 18.2 Å². The van der Waals surface area contributed by atoms with Gasteiger partial charge in [0.15, 0.2) is 6.04 Å². The van der Waals surface area contributed by atoms with Crippen LogP contribution in [0.2, 0.25) is 0 Å². The second-order valence-corrected chi connectivity index (χ2v) is 3.96. The van der Waals surface area contributed by atoms with Crippen LogP contribution in [0.25, 0.3) is 11.0 Å². The standard InChI is InChI=1S/C13H11NO6/c15-6-9(12(17)18)14-5-8-11(16)7-3-1-2-4-10(7)20-13(8)19/h1-5,9,15-16H,6H2,(H,17,18). The van der Waals surface area contributed by atoms with Crippen LogP contribution in [0.3, 0.4) is 0 Å². The number of hydrogen-bond acceptors (Lipinski definition) is 6. The lowest BCUT2D eigenvalue weighted by molar-refractivity contribution is -0.139. The molecule has 0 amide bonds. The molecule has 2 aromatic rings. The third-order valence-electron chi connectivity index (χ3n) is 2.66. The molecule has 0 aliphatic rings. The molecular formula is C13H11NO6. The van der Waals surface area contributed by atoms with E-state index < -0.39 is 24.2 Å². The first-order valence-electron chi connectivity index (χ1n) is 5.66. The first kappa shape index (κ1) is 13.8. The number of aliphatic hydroxyl groups excluding tert-OH is 1. The molecule has 0 radical (unpaired) electrons. The largest absolute Gasteiger partial charge is 0.506 e. The number of aliphatic hydroxyl groups is 1. The third kappa shape index (κ3) is 2.52. The molecule has 0 saturated heterocycles. The molecule has 1 atom stereocenters. The molecule has 1 unspecified atom stereocenters. The maximum atomic E-state index is 11.7. The van der Waals surface area contributed by atoms with E-state index in [1.807, 2.05) is 0 Å². The zero-order valence-electron chi connectivity index (χ0n) is 10.2. The number of carbonyl (C=O) groups is 1. The van der Waals surface area contributed by atoms with Crippen molar-refractivity contribution in [3.63, 3.8) is 0 Å². The number of aliphatic imine (C=N–C) groups is 1. The fourth-order valence-electron chi connectivity index (χ4n) is 1.62. The number of carboxylic acids is 1. The summed E-state index contributed by atoms with van der Waals surface area (Å²) in [5, 5.41) is 27.9. The van der Waals surface area contributed by atoms with Gasteiger partial charge in [-0.15, -0.1) is 0 Å². The van der Waals surface area contributed by atoms with E-state index in [0.717, 1.165) is 6.21 Å². The van der Waals surface area contributed by atoms with Crippen LogP contribution in [0.4, 0.5) is 0 Å². The first-order chi connectivity index (χ1) is 9.54. The molecular weight excluding hydrogens is 266 g/mol. The molecule has 0 aliphatic heterocycles. The molecule has 0 bridgehead atoms. The third-order valence-corrected chi connectivity index (χ3v) is 2.66. The van der Waals surface area contributed by atoms with E-state index in [4.69, 9.17) is 14.6 Å². The SMILES string of the molecule is O=C(O)C(CO)N=Cc1c(O)c2ccccc2oc1=O. The Morgan fingerprint density at radius 2 is 2.10 bits per heavy atom. The Hall–Kier alpha value is -2.67. The first-order valence-corrected chi connectivity index (χ1v) is 5.66. The van der Waals surface area contributed by atoms with Crippen molar-refractivity contribution in [1.82, 2.24) is 0 Å². The average Bonchev–Trinajstić information content (AvgIpc) is 2.42. The number of aromatic hydroxyl groups is 1. The molecule has 3 N–H and O–H groups in total. The maximum Gasteiger partial charge on any atom is 0.348 e. The van der Waals surface area contributed by atoms with Crippen molar-refractivity contribution in [3.05, 3.63) is 40.2 Å². The smallest absolute Gasteiger partial charge is 0.348 e. The predicted octanol–water partition coefficient (Wildman–Crippen LogP) is 0.363. The highest BCUT2D eigenvalue weighted by molar-refractivity contribution is 5.94. The summed E-state index contributed by atoms with van der Waals surface area (Å²) in [4.78, 5) is 25.9. The second-order valence-electron chi connectivity index (χ2n) is 3.96. The van der Waals surface area contributed by atoms with E-state index in [9.17, 15) is 14.7 Å². The van der Waals surface area contributed by atoms with E-state index in [0.29, 0.717) is 5.39 Å². The quantitative estimate of drug-likeness (QED) is 0.548. The molecule has 1 aromatic heterocycles. The van der Waals surface area contributed by atoms with Crippen LogP contribution in [-0.4, -0.2) is 40.2 Å². The molecule has 0 aliphatic carbocycles. The number of para-hydroxylation sites is 1. The van der Waals surface area contributed by atoms with E-state index in [-0.39, 0.29) is 16.9 Å². The number of hydrogen-bond donors (Lipinski definition) is 3. The summed E-state index contributed by atoms with van der Waals surface area (Å²) in [7, 11) is 0. The minimum absolute atomic E-state index is 0.212. The Morgan fingerprint density at radius 1 is 1.40 bits per heavy atom. The van der Waals surface area contributed by atoms with Crippen molar-refractivity contribution in [2.75, 3.05) is 6.61 Å². The number of benzene rings is 1. The minimum atomic E-state index is -1.40. The van der Waals surface area contributed by atoms with Gasteiger partial charge in [-0.3, -0.25) is 4.99 Å². The van der Waals surface area contributed by atoms with Crippen LogP contribution < -0.4 is 5.63 Å². The van der Waals surface area contributed by atoms with Crippen LogP contribution in [0.1, 0.15) is 5.56 Å². The second kappa shape index (κ2) is 5.54. The van der Waals surface area contributed by atoms with Gasteiger partial charge in [-0.1, -0.05) is 12.1 Å². The lowest BCUT2D eigenvalue weighted by Gasteiger charge is -2.04. The van der Waals surface area contributed by atoms with Crippen molar-refractivity contribution in [1.29, 1.82) is 0 Å². The number of fused-ring (bicyclic) bond motifs is 1. The lowest BCUT2D eigenvalue weighted by Crippen LogP contribution is -2.22. The van der Waals surface area contributed by atoms with E-state index in [2.05, 4.69) is 4.99 Å². The Kier molecular flexibility index (Phi) is 3.81. The Balaban J connectivity index is 2.52. The molecule has 20 heavy (non-hydrogen) atoms. The number of carboxylic acid groups (broad SMARTS) is 1. The van der Waals surface area contributed by atoms with Gasteiger partial charge in [0.1, 0.15) is 16.9 Å². The summed E-state index contributed by atoms with van der Waals surface area (Å²) in [5.41, 5.74) is -0.889. The summed E-state index contributed by atoms with van der Waals surface area (Å²) in [5.74, 6) is -1.68. The minimum Gasteiger partial charge on any atom is -0.506 e. The van der Waals surface area contributed by atoms with Gasteiger partial charge in [-0.25, -0.2) is 9.59 Å². The molecule has 1 heterocycles. The number of aliphatic carboxylic acids is 1. The fraction of sp³-hybridized carbons (Fsp3) is 0.154. The molecule has 0 saturated carbocycles. The van der Waals surface area contributed by atoms with Crippen molar-refractivity contribution in [3.8, 4) is 5.75 Å². The van der Waals surface area contributed by atoms with Crippen molar-refractivity contribution in [2.24, 2.45) is 4.99 Å². The van der Waals surface area contributed by atoms with E-state index in [1.165, 1.54) is 6.07 Å². The molecule has 7 heteroatoms. The highest BCUT2D eigenvalue weighted by Gasteiger charge is 2.16. The number of nitrogens with zero attached hydrogens (tertiary/aromatic N) is 1. The topological polar surface area (TPSA) is 120 Å². The van der Waals surface area contributed by atoms with Gasteiger partial charge in [0.25, 0.3) is 0 Å². The normalized spacial score (nSPS) is 12.8. The Morgan fingerprint density at radius 3 is 2.75 bits per heavy atom. The maximum absolute atomic E-state index is 11.7. The van der Waals surface area contributed by atoms with Gasteiger partial charge in [-0.05, 0) is 12.1 Å². The molecule has 104 valence electrons. The molecule has 0 spiro atoms. The van der Waals surface area contributed by atoms with E-state index >= 15 is 0 Å². The van der Waals surface area contributed by atoms with Gasteiger partial charge in [0.2, 0.25) is 0 Å².